The molecule has 0 unspecified atom stereocenters. The van der Waals surface area contributed by atoms with Gasteiger partial charge in [0.1, 0.15) is 0 Å². The van der Waals surface area contributed by atoms with Gasteiger partial charge in [0.05, 0.1) is 11.4 Å². The van der Waals surface area contributed by atoms with E-state index in [2.05, 4.69) is 212 Å². The molecular formula is C62H38N2. The SMILES string of the molecule is c1ccc(-c2cccc(-c3cc(-c4ccc(-c5cccc(-c6cc7ccc8cccc9c%10cccc%11ccc%12cccc(c(c6)c7c89)c%12c%11%10)c5)cc4)nc(-c4ccccc4)n3)c2)cc1. The zero-order chi connectivity index (χ0) is 42.1. The highest BCUT2D eigenvalue weighted by atomic mass is 14.9. The molecular weight excluding hydrogens is 773 g/mol. The van der Waals surface area contributed by atoms with Crippen LogP contribution in [0.5, 0.6) is 0 Å². The third-order valence-electron chi connectivity index (χ3n) is 13.2. The van der Waals surface area contributed by atoms with Crippen LogP contribution in [0.3, 0.4) is 0 Å². The predicted molar refractivity (Wildman–Crippen MR) is 271 cm³/mol. The van der Waals surface area contributed by atoms with Crippen molar-refractivity contribution in [1.82, 2.24) is 9.97 Å². The highest BCUT2D eigenvalue weighted by molar-refractivity contribution is 6.37. The van der Waals surface area contributed by atoms with Crippen LogP contribution < -0.4 is 0 Å². The number of hydrogen-bond acceptors (Lipinski definition) is 2. The van der Waals surface area contributed by atoms with Crippen LogP contribution >= 0.6 is 0 Å². The number of aromatic nitrogens is 2. The largest absolute Gasteiger partial charge is 0.228 e. The highest BCUT2D eigenvalue weighted by Crippen LogP contribution is 2.45. The Kier molecular flexibility index (Phi) is 8.25. The number of benzene rings is 11. The van der Waals surface area contributed by atoms with Crippen molar-refractivity contribution >= 4 is 64.6 Å². The summed E-state index contributed by atoms with van der Waals surface area (Å²) in [6, 6.07) is 83.7. The predicted octanol–water partition coefficient (Wildman–Crippen LogP) is 16.8. The molecule has 0 saturated carbocycles. The van der Waals surface area contributed by atoms with Gasteiger partial charge in [0, 0.05) is 16.7 Å². The van der Waals surface area contributed by atoms with Crippen LogP contribution in [-0.2, 0) is 0 Å². The van der Waals surface area contributed by atoms with Gasteiger partial charge in [0.25, 0.3) is 0 Å². The van der Waals surface area contributed by atoms with Gasteiger partial charge >= 0.3 is 0 Å². The first-order valence-corrected chi connectivity index (χ1v) is 22.0. The summed E-state index contributed by atoms with van der Waals surface area (Å²) in [6.07, 6.45) is 0. The Morgan fingerprint density at radius 1 is 0.203 bits per heavy atom. The van der Waals surface area contributed by atoms with E-state index in [-0.39, 0.29) is 0 Å². The zero-order valence-corrected chi connectivity index (χ0v) is 34.8. The molecule has 0 aliphatic heterocycles. The van der Waals surface area contributed by atoms with Crippen LogP contribution in [0.25, 0.3) is 132 Å². The normalized spacial score (nSPS) is 11.8. The molecule has 0 saturated heterocycles. The Labute approximate surface area is 370 Å². The van der Waals surface area contributed by atoms with Crippen LogP contribution in [-0.4, -0.2) is 9.97 Å². The molecule has 0 atom stereocenters. The van der Waals surface area contributed by atoms with Crippen molar-refractivity contribution in [1.29, 1.82) is 0 Å². The molecule has 64 heavy (non-hydrogen) atoms. The van der Waals surface area contributed by atoms with Crippen molar-refractivity contribution < 1.29 is 0 Å². The number of nitrogens with zero attached hydrogens (tertiary/aromatic N) is 2. The minimum Gasteiger partial charge on any atom is -0.228 e. The summed E-state index contributed by atoms with van der Waals surface area (Å²) in [5.41, 5.74) is 11.9. The number of rotatable bonds is 6. The molecule has 296 valence electrons. The van der Waals surface area contributed by atoms with Gasteiger partial charge < -0.3 is 0 Å². The van der Waals surface area contributed by atoms with Gasteiger partial charge in [-0.2, -0.15) is 0 Å². The second kappa shape index (κ2) is 14.6. The van der Waals surface area contributed by atoms with Gasteiger partial charge in [-0.3, -0.25) is 0 Å². The van der Waals surface area contributed by atoms with Gasteiger partial charge in [-0.1, -0.05) is 200 Å². The molecule has 0 spiro atoms. The summed E-state index contributed by atoms with van der Waals surface area (Å²) in [5.74, 6) is 0.706. The molecule has 2 heteroatoms. The van der Waals surface area contributed by atoms with Crippen molar-refractivity contribution in [3.63, 3.8) is 0 Å². The lowest BCUT2D eigenvalue weighted by molar-refractivity contribution is 1.18. The van der Waals surface area contributed by atoms with E-state index in [0.717, 1.165) is 39.2 Å². The molecule has 13 aromatic rings. The topological polar surface area (TPSA) is 25.8 Å². The molecule has 0 radical (unpaired) electrons. The van der Waals surface area contributed by atoms with E-state index in [1.807, 2.05) is 18.2 Å². The smallest absolute Gasteiger partial charge is 0.160 e. The van der Waals surface area contributed by atoms with E-state index in [4.69, 9.17) is 9.97 Å². The quantitative estimate of drug-likeness (QED) is 0.156. The Hall–Kier alpha value is -8.46. The van der Waals surface area contributed by atoms with Crippen molar-refractivity contribution in [3.8, 4) is 67.3 Å². The Morgan fingerprint density at radius 2 is 0.609 bits per heavy atom. The summed E-state index contributed by atoms with van der Waals surface area (Å²) < 4.78 is 0. The average molecular weight is 811 g/mol. The van der Waals surface area contributed by atoms with E-state index in [9.17, 15) is 0 Å². The average Bonchev–Trinajstić information content (AvgIpc) is 3.37. The number of fused-ring (bicyclic) bond motifs is 2. The van der Waals surface area contributed by atoms with Crippen LogP contribution in [0.4, 0.5) is 0 Å². The van der Waals surface area contributed by atoms with E-state index in [1.165, 1.54) is 86.9 Å². The first-order chi connectivity index (χ1) is 31.7. The van der Waals surface area contributed by atoms with E-state index in [1.54, 1.807) is 0 Å². The maximum atomic E-state index is 5.14. The standard InChI is InChI=1S/C62H38N2/c1-3-12-39(13-4-1)47-20-8-22-49(35-47)57-38-56(63-62(64-57)45-14-5-2-6-15-45)41-28-26-40(27-29-41)46-19-7-21-48(34-46)51-36-50-33-32-44-17-10-24-53-52-23-9-16-42-30-31-43-18-11-25-54(60(43)58(42)52)55(37-51)61(50)59(44)53/h1-38H. The minimum absolute atomic E-state index is 0.706. The maximum absolute atomic E-state index is 5.14. The Bertz CT molecular complexity index is 3920. The highest BCUT2D eigenvalue weighted by Gasteiger charge is 2.17. The Balaban J connectivity index is 0.929. The van der Waals surface area contributed by atoms with Gasteiger partial charge in [-0.05, 0) is 128 Å². The van der Waals surface area contributed by atoms with Gasteiger partial charge in [-0.25, -0.2) is 9.97 Å². The van der Waals surface area contributed by atoms with Crippen LogP contribution in [0.15, 0.2) is 231 Å². The lowest BCUT2D eigenvalue weighted by atomic mass is 9.86. The lowest BCUT2D eigenvalue weighted by Crippen LogP contribution is -1.96. The molecule has 0 N–H and O–H groups in total. The summed E-state index contributed by atoms with van der Waals surface area (Å²) in [5, 5.41) is 15.5. The van der Waals surface area contributed by atoms with E-state index in [0.29, 0.717) is 5.82 Å². The fourth-order valence-electron chi connectivity index (χ4n) is 10.1. The molecule has 0 bridgehead atoms. The molecule has 12 aromatic carbocycles. The summed E-state index contributed by atoms with van der Waals surface area (Å²) >= 11 is 0. The zero-order valence-electron chi connectivity index (χ0n) is 34.8. The van der Waals surface area contributed by atoms with Gasteiger partial charge in [0.15, 0.2) is 5.82 Å². The van der Waals surface area contributed by atoms with E-state index >= 15 is 0 Å². The molecule has 13 rings (SSSR count). The van der Waals surface area contributed by atoms with Gasteiger partial charge in [0.2, 0.25) is 0 Å². The number of hydrogen-bond donors (Lipinski definition) is 0. The van der Waals surface area contributed by atoms with Crippen molar-refractivity contribution in [3.05, 3.63) is 231 Å². The maximum Gasteiger partial charge on any atom is 0.160 e. The van der Waals surface area contributed by atoms with E-state index < -0.39 is 0 Å². The summed E-state index contributed by atoms with van der Waals surface area (Å²) in [4.78, 5) is 10.3. The van der Waals surface area contributed by atoms with Crippen molar-refractivity contribution in [2.24, 2.45) is 0 Å². The van der Waals surface area contributed by atoms with Gasteiger partial charge in [-0.15, -0.1) is 0 Å². The molecule has 0 fully saturated rings. The second-order valence-corrected chi connectivity index (χ2v) is 16.9. The molecule has 0 aliphatic rings. The second-order valence-electron chi connectivity index (χ2n) is 16.9. The van der Waals surface area contributed by atoms with Crippen molar-refractivity contribution in [2.75, 3.05) is 0 Å². The van der Waals surface area contributed by atoms with Crippen LogP contribution in [0, 0.1) is 0 Å². The lowest BCUT2D eigenvalue weighted by Gasteiger charge is -2.17. The molecule has 1 heterocycles. The third-order valence-corrected chi connectivity index (χ3v) is 13.2. The molecule has 1 aromatic heterocycles. The Morgan fingerprint density at radius 3 is 1.20 bits per heavy atom. The fraction of sp³-hybridized carbons (Fsp3) is 0. The third kappa shape index (κ3) is 5.95. The minimum atomic E-state index is 0.706. The van der Waals surface area contributed by atoms with Crippen LogP contribution in [0.2, 0.25) is 0 Å². The molecule has 2 nitrogen and oxygen atoms in total. The molecule has 0 aliphatic carbocycles. The van der Waals surface area contributed by atoms with Crippen molar-refractivity contribution in [2.45, 2.75) is 0 Å². The summed E-state index contributed by atoms with van der Waals surface area (Å²) in [6.45, 7) is 0. The first-order valence-electron chi connectivity index (χ1n) is 22.0. The monoisotopic (exact) mass is 810 g/mol. The fourth-order valence-corrected chi connectivity index (χ4v) is 10.1. The van der Waals surface area contributed by atoms with Crippen LogP contribution in [0.1, 0.15) is 0 Å². The summed E-state index contributed by atoms with van der Waals surface area (Å²) in [7, 11) is 0. The molecule has 0 amide bonds. The first kappa shape index (κ1) is 36.2.